The largest absolute Gasteiger partial charge is 0.336 e. The Bertz CT molecular complexity index is 1230. The van der Waals surface area contributed by atoms with E-state index in [0.717, 1.165) is 11.1 Å². The smallest absolute Gasteiger partial charge is 0.332 e. The van der Waals surface area contributed by atoms with Crippen molar-refractivity contribution < 1.29 is 4.79 Å². The average Bonchev–Trinajstić information content (AvgIpc) is 3.32. The lowest BCUT2D eigenvalue weighted by Crippen LogP contribution is -2.44. The zero-order chi connectivity index (χ0) is 20.8. The zero-order valence-electron chi connectivity index (χ0n) is 16.4. The normalized spacial score (nSPS) is 19.6. The van der Waals surface area contributed by atoms with Crippen LogP contribution in [0.3, 0.4) is 0 Å². The predicted octanol–water partition coefficient (Wildman–Crippen LogP) is 0.421. The fourth-order valence-corrected chi connectivity index (χ4v) is 4.30. The third kappa shape index (κ3) is 3.02. The molecule has 2 aliphatic rings. The number of nitrogens with zero attached hydrogens (tertiary/aromatic N) is 6. The summed E-state index contributed by atoms with van der Waals surface area (Å²) in [6.45, 7) is 3.56. The second kappa shape index (κ2) is 7.01. The van der Waals surface area contributed by atoms with Crippen LogP contribution in [0.4, 0.5) is 0 Å². The first-order valence-electron chi connectivity index (χ1n) is 9.84. The van der Waals surface area contributed by atoms with Gasteiger partial charge in [0.15, 0.2) is 0 Å². The standard InChI is InChI=1S/C21H20N6O3/c1-13-2-4-14(5-3-13)9-27-21(30)20(29)26-11-15-10-25(12-16(15)18(26)24-27)19(28)17-8-22-6-7-23-17/h2-8,15-16H,9-12H2,1H3/t15-,16-/m0/s1. The van der Waals surface area contributed by atoms with Crippen molar-refractivity contribution >= 4 is 5.91 Å². The highest BCUT2D eigenvalue weighted by Gasteiger charge is 2.44. The van der Waals surface area contributed by atoms with Crippen molar-refractivity contribution in [3.8, 4) is 0 Å². The van der Waals surface area contributed by atoms with Gasteiger partial charge in [-0.3, -0.25) is 23.9 Å². The van der Waals surface area contributed by atoms with Crippen molar-refractivity contribution in [2.24, 2.45) is 5.92 Å². The van der Waals surface area contributed by atoms with Crippen molar-refractivity contribution in [1.82, 2.24) is 29.2 Å². The molecule has 3 aromatic rings. The number of hydrogen-bond acceptors (Lipinski definition) is 6. The minimum Gasteiger partial charge on any atom is -0.336 e. The summed E-state index contributed by atoms with van der Waals surface area (Å²) in [7, 11) is 0. The lowest BCUT2D eigenvalue weighted by atomic mass is 10.00. The summed E-state index contributed by atoms with van der Waals surface area (Å²) in [6, 6.07) is 7.77. The summed E-state index contributed by atoms with van der Waals surface area (Å²) in [5.41, 5.74) is 1.15. The highest BCUT2D eigenvalue weighted by atomic mass is 16.2. The van der Waals surface area contributed by atoms with E-state index in [0.29, 0.717) is 31.2 Å². The van der Waals surface area contributed by atoms with E-state index in [1.807, 2.05) is 31.2 Å². The van der Waals surface area contributed by atoms with Gasteiger partial charge in [-0.2, -0.15) is 5.10 Å². The molecule has 5 rings (SSSR count). The number of amides is 1. The number of carbonyl (C=O) groups is 1. The third-order valence-electron chi connectivity index (χ3n) is 5.87. The summed E-state index contributed by atoms with van der Waals surface area (Å²) in [6.07, 6.45) is 4.46. The second-order valence-corrected chi connectivity index (χ2v) is 7.89. The molecule has 0 bridgehead atoms. The number of carbonyl (C=O) groups excluding carboxylic acids is 1. The maximum Gasteiger partial charge on any atom is 0.332 e. The Kier molecular flexibility index (Phi) is 4.30. The summed E-state index contributed by atoms with van der Waals surface area (Å²) in [5, 5.41) is 4.54. The first-order chi connectivity index (χ1) is 14.5. The van der Waals surface area contributed by atoms with Crippen molar-refractivity contribution in [3.63, 3.8) is 0 Å². The molecule has 0 aliphatic carbocycles. The van der Waals surface area contributed by atoms with Crippen LogP contribution in [0.25, 0.3) is 0 Å². The molecular weight excluding hydrogens is 384 g/mol. The van der Waals surface area contributed by atoms with E-state index < -0.39 is 11.1 Å². The molecule has 1 aromatic carbocycles. The number of benzene rings is 1. The molecule has 9 nitrogen and oxygen atoms in total. The first kappa shape index (κ1) is 18.4. The Morgan fingerprint density at radius 1 is 1.07 bits per heavy atom. The van der Waals surface area contributed by atoms with E-state index in [-0.39, 0.29) is 24.3 Å². The van der Waals surface area contributed by atoms with Gasteiger partial charge >= 0.3 is 11.1 Å². The van der Waals surface area contributed by atoms with Crippen LogP contribution in [0.1, 0.15) is 33.4 Å². The van der Waals surface area contributed by atoms with Crippen molar-refractivity contribution in [1.29, 1.82) is 0 Å². The molecule has 9 heteroatoms. The van der Waals surface area contributed by atoms with Crippen LogP contribution in [0.5, 0.6) is 0 Å². The molecule has 1 amide bonds. The molecule has 2 atom stereocenters. The minimum atomic E-state index is -0.619. The summed E-state index contributed by atoms with van der Waals surface area (Å²) in [4.78, 5) is 47.7. The average molecular weight is 404 g/mol. The van der Waals surface area contributed by atoms with E-state index >= 15 is 0 Å². The van der Waals surface area contributed by atoms with Crippen molar-refractivity contribution in [2.45, 2.75) is 25.9 Å². The molecule has 0 spiro atoms. The molecule has 2 aromatic heterocycles. The van der Waals surface area contributed by atoms with Crippen LogP contribution in [0.2, 0.25) is 0 Å². The number of likely N-dealkylation sites (tertiary alicyclic amines) is 1. The third-order valence-corrected chi connectivity index (χ3v) is 5.87. The van der Waals surface area contributed by atoms with Crippen LogP contribution < -0.4 is 11.1 Å². The molecule has 0 unspecified atom stereocenters. The molecule has 0 saturated carbocycles. The molecule has 2 aliphatic heterocycles. The fourth-order valence-electron chi connectivity index (χ4n) is 4.30. The minimum absolute atomic E-state index is 0.0560. The van der Waals surface area contributed by atoms with Gasteiger partial charge < -0.3 is 4.90 Å². The number of aryl methyl sites for hydroxylation is 1. The lowest BCUT2D eigenvalue weighted by molar-refractivity contribution is 0.0776. The van der Waals surface area contributed by atoms with Crippen molar-refractivity contribution in [2.75, 3.05) is 13.1 Å². The Hall–Kier alpha value is -3.62. The Labute approximate surface area is 171 Å². The predicted molar refractivity (Wildman–Crippen MR) is 107 cm³/mol. The van der Waals surface area contributed by atoms with Gasteiger partial charge in [-0.05, 0) is 12.5 Å². The van der Waals surface area contributed by atoms with Crippen molar-refractivity contribution in [3.05, 3.63) is 86.2 Å². The van der Waals surface area contributed by atoms with Crippen LogP contribution >= 0.6 is 0 Å². The number of rotatable bonds is 3. The van der Waals surface area contributed by atoms with Gasteiger partial charge in [0.1, 0.15) is 11.5 Å². The van der Waals surface area contributed by atoms with E-state index in [1.54, 1.807) is 4.90 Å². The fraction of sp³-hybridized carbons (Fsp3) is 0.333. The van der Waals surface area contributed by atoms with E-state index in [9.17, 15) is 14.4 Å². The molecule has 4 heterocycles. The lowest BCUT2D eigenvalue weighted by Gasteiger charge is -2.17. The molecule has 0 radical (unpaired) electrons. The van der Waals surface area contributed by atoms with Gasteiger partial charge in [0.05, 0.1) is 12.7 Å². The van der Waals surface area contributed by atoms with Gasteiger partial charge in [0, 0.05) is 43.9 Å². The first-order valence-corrected chi connectivity index (χ1v) is 9.84. The number of aromatic nitrogens is 5. The monoisotopic (exact) mass is 404 g/mol. The molecule has 1 fully saturated rings. The topological polar surface area (TPSA) is 103 Å². The van der Waals surface area contributed by atoms with Gasteiger partial charge in [0.25, 0.3) is 5.91 Å². The summed E-state index contributed by atoms with van der Waals surface area (Å²) >= 11 is 0. The molecule has 0 N–H and O–H groups in total. The Balaban J connectivity index is 1.44. The van der Waals surface area contributed by atoms with E-state index in [4.69, 9.17) is 0 Å². The molecule has 1 saturated heterocycles. The highest BCUT2D eigenvalue weighted by molar-refractivity contribution is 5.92. The van der Waals surface area contributed by atoms with Crippen LogP contribution in [0, 0.1) is 12.8 Å². The van der Waals surface area contributed by atoms with Gasteiger partial charge in [-0.1, -0.05) is 29.8 Å². The number of hydrogen-bond donors (Lipinski definition) is 0. The van der Waals surface area contributed by atoms with Gasteiger partial charge in [0.2, 0.25) is 0 Å². The zero-order valence-corrected chi connectivity index (χ0v) is 16.4. The maximum absolute atomic E-state index is 12.7. The highest BCUT2D eigenvalue weighted by Crippen LogP contribution is 2.37. The quantitative estimate of drug-likeness (QED) is 0.586. The Morgan fingerprint density at radius 3 is 2.60 bits per heavy atom. The van der Waals surface area contributed by atoms with Crippen LogP contribution in [0.15, 0.2) is 52.4 Å². The van der Waals surface area contributed by atoms with E-state index in [2.05, 4.69) is 15.1 Å². The van der Waals surface area contributed by atoms with Crippen LogP contribution in [-0.2, 0) is 13.1 Å². The summed E-state index contributed by atoms with van der Waals surface area (Å²) < 4.78 is 2.72. The Morgan fingerprint density at radius 2 is 1.87 bits per heavy atom. The summed E-state index contributed by atoms with van der Waals surface area (Å²) in [5.74, 6) is 0.370. The molecule has 152 valence electrons. The second-order valence-electron chi connectivity index (χ2n) is 7.89. The SMILES string of the molecule is Cc1ccc(Cn2nc3n(c(=O)c2=O)C[C@@H]2CN(C(=O)c4cnccn4)C[C@H]32)cc1. The molecular formula is C21H20N6O3. The van der Waals surface area contributed by atoms with E-state index in [1.165, 1.54) is 27.8 Å². The number of fused-ring (bicyclic) bond motifs is 3. The van der Waals surface area contributed by atoms with Gasteiger partial charge in [-0.25, -0.2) is 9.67 Å². The molecule has 30 heavy (non-hydrogen) atoms. The van der Waals surface area contributed by atoms with Gasteiger partial charge in [-0.15, -0.1) is 0 Å². The maximum atomic E-state index is 12.7. The van der Waals surface area contributed by atoms with Crippen LogP contribution in [-0.4, -0.2) is 48.2 Å².